The molecule has 1 aliphatic rings. The van der Waals surface area contributed by atoms with Crippen LogP contribution in [0.5, 0.6) is 5.75 Å². The molecule has 0 aliphatic carbocycles. The average molecular weight is 394 g/mol. The predicted molar refractivity (Wildman–Crippen MR) is 91.0 cm³/mol. The van der Waals surface area contributed by atoms with Crippen LogP contribution in [0.2, 0.25) is 0 Å². The molecular formula is C16H16BrN3O4. The van der Waals surface area contributed by atoms with Crippen LogP contribution in [0.25, 0.3) is 6.08 Å². The summed E-state index contributed by atoms with van der Waals surface area (Å²) >= 11 is 3.12. The summed E-state index contributed by atoms with van der Waals surface area (Å²) in [6.07, 6.45) is 2.93. The number of nitro groups is 1. The number of aromatic hydroxyl groups is 1. The topological polar surface area (TPSA) is 107 Å². The molecule has 0 bridgehead atoms. The number of hydrogen-bond acceptors (Lipinski definition) is 5. The first-order valence-corrected chi connectivity index (χ1v) is 8.20. The Morgan fingerprint density at radius 3 is 2.67 bits per heavy atom. The molecule has 7 nitrogen and oxygen atoms in total. The second kappa shape index (κ2) is 7.45. The fourth-order valence-corrected chi connectivity index (χ4v) is 3.00. The fourth-order valence-electron chi connectivity index (χ4n) is 2.53. The highest BCUT2D eigenvalue weighted by Crippen LogP contribution is 2.34. The number of carbonyl (C=O) groups is 1. The lowest BCUT2D eigenvalue weighted by Crippen LogP contribution is -2.38. The van der Waals surface area contributed by atoms with Crippen molar-refractivity contribution >= 4 is 33.6 Å². The Hall–Kier alpha value is -2.40. The van der Waals surface area contributed by atoms with Gasteiger partial charge in [0.1, 0.15) is 11.6 Å². The third-order valence-corrected chi connectivity index (χ3v) is 4.46. The lowest BCUT2D eigenvalue weighted by Gasteiger charge is -2.30. The summed E-state index contributed by atoms with van der Waals surface area (Å²) in [5.74, 6) is -0.456. The van der Waals surface area contributed by atoms with Crippen molar-refractivity contribution < 1.29 is 14.8 Å². The van der Waals surface area contributed by atoms with Crippen molar-refractivity contribution in [3.63, 3.8) is 0 Å². The van der Waals surface area contributed by atoms with Gasteiger partial charge in [-0.15, -0.1) is 0 Å². The number of phenols is 1. The van der Waals surface area contributed by atoms with Crippen molar-refractivity contribution in [2.75, 3.05) is 13.1 Å². The zero-order valence-electron chi connectivity index (χ0n) is 13.0. The first kappa shape index (κ1) is 17.9. The molecule has 0 unspecified atom stereocenters. The summed E-state index contributed by atoms with van der Waals surface area (Å²) in [5, 5.41) is 30.3. The van der Waals surface area contributed by atoms with Gasteiger partial charge >= 0.3 is 5.69 Å². The van der Waals surface area contributed by atoms with Crippen LogP contribution < -0.4 is 0 Å². The molecule has 1 amide bonds. The minimum Gasteiger partial charge on any atom is -0.502 e. The van der Waals surface area contributed by atoms with Crippen LogP contribution in [0.1, 0.15) is 25.3 Å². The summed E-state index contributed by atoms with van der Waals surface area (Å²) in [7, 11) is 0. The molecule has 1 saturated heterocycles. The number of amides is 1. The van der Waals surface area contributed by atoms with E-state index >= 15 is 0 Å². The van der Waals surface area contributed by atoms with Crippen molar-refractivity contribution in [2.24, 2.45) is 5.92 Å². The summed E-state index contributed by atoms with van der Waals surface area (Å²) < 4.78 is 0.370. The van der Waals surface area contributed by atoms with Gasteiger partial charge < -0.3 is 10.0 Å². The van der Waals surface area contributed by atoms with E-state index in [1.807, 2.05) is 6.07 Å². The molecule has 2 rings (SSSR count). The molecule has 1 aromatic carbocycles. The Kier molecular flexibility index (Phi) is 5.57. The largest absolute Gasteiger partial charge is 0.502 e. The minimum absolute atomic E-state index is 0.0475. The molecule has 0 atom stereocenters. The number of likely N-dealkylation sites (tertiary alicyclic amines) is 1. The van der Waals surface area contributed by atoms with E-state index in [9.17, 15) is 25.3 Å². The van der Waals surface area contributed by atoms with Crippen LogP contribution in [0, 0.1) is 27.4 Å². The molecule has 8 heteroatoms. The van der Waals surface area contributed by atoms with E-state index in [1.54, 1.807) is 4.90 Å². The van der Waals surface area contributed by atoms with Gasteiger partial charge in [-0.2, -0.15) is 5.26 Å². The number of benzene rings is 1. The lowest BCUT2D eigenvalue weighted by atomic mass is 9.98. The van der Waals surface area contributed by atoms with E-state index in [1.165, 1.54) is 12.1 Å². The number of hydrogen-bond donors (Lipinski definition) is 1. The zero-order chi connectivity index (χ0) is 17.9. The Morgan fingerprint density at radius 2 is 2.12 bits per heavy atom. The number of nitriles is 1. The highest BCUT2D eigenvalue weighted by atomic mass is 79.9. The first-order chi connectivity index (χ1) is 11.3. The van der Waals surface area contributed by atoms with Crippen molar-refractivity contribution in [1.82, 2.24) is 4.90 Å². The predicted octanol–water partition coefficient (Wildman–Crippen LogP) is 3.23. The van der Waals surface area contributed by atoms with Crippen molar-refractivity contribution in [3.8, 4) is 11.8 Å². The molecule has 0 radical (unpaired) electrons. The van der Waals surface area contributed by atoms with Crippen LogP contribution in [-0.2, 0) is 4.79 Å². The Balaban J connectivity index is 2.36. The van der Waals surface area contributed by atoms with Crippen LogP contribution in [-0.4, -0.2) is 33.9 Å². The molecule has 1 heterocycles. The van der Waals surface area contributed by atoms with Gasteiger partial charge in [-0.1, -0.05) is 22.9 Å². The molecule has 1 aliphatic heterocycles. The third kappa shape index (κ3) is 3.92. The van der Waals surface area contributed by atoms with Gasteiger partial charge in [0, 0.05) is 29.2 Å². The van der Waals surface area contributed by atoms with Gasteiger partial charge in [0.15, 0.2) is 0 Å². The Labute approximate surface area is 147 Å². The molecule has 0 spiro atoms. The number of nitrogens with zero attached hydrogens (tertiary/aromatic N) is 3. The second-order valence-corrected chi connectivity index (χ2v) is 6.68. The summed E-state index contributed by atoms with van der Waals surface area (Å²) in [4.78, 5) is 24.3. The van der Waals surface area contributed by atoms with Crippen LogP contribution in [0.15, 0.2) is 22.2 Å². The van der Waals surface area contributed by atoms with E-state index in [0.29, 0.717) is 23.5 Å². The van der Waals surface area contributed by atoms with Crippen molar-refractivity contribution in [1.29, 1.82) is 5.26 Å². The summed E-state index contributed by atoms with van der Waals surface area (Å²) in [6.45, 7) is 3.26. The van der Waals surface area contributed by atoms with Crippen molar-refractivity contribution in [2.45, 2.75) is 19.8 Å². The number of piperidine rings is 1. The first-order valence-electron chi connectivity index (χ1n) is 7.41. The number of halogens is 1. The van der Waals surface area contributed by atoms with Gasteiger partial charge in [0.2, 0.25) is 5.75 Å². The molecule has 1 N–H and O–H groups in total. The van der Waals surface area contributed by atoms with Gasteiger partial charge in [0.05, 0.1) is 4.92 Å². The normalized spacial score (nSPS) is 15.9. The molecule has 24 heavy (non-hydrogen) atoms. The average Bonchev–Trinajstić information content (AvgIpc) is 2.55. The van der Waals surface area contributed by atoms with E-state index in [2.05, 4.69) is 22.9 Å². The van der Waals surface area contributed by atoms with Gasteiger partial charge in [0.25, 0.3) is 5.91 Å². The second-order valence-electron chi connectivity index (χ2n) is 5.76. The standard InChI is InChI=1S/C16H16BrN3O4/c1-10-2-4-19(5-3-10)16(22)12(9-18)6-11-7-13(17)8-14(15(11)21)20(23)24/h6-8,10,21H,2-5H2,1H3/b12-6+. The van der Waals surface area contributed by atoms with E-state index in [4.69, 9.17) is 0 Å². The van der Waals surface area contributed by atoms with Crippen LogP contribution in [0.4, 0.5) is 5.69 Å². The smallest absolute Gasteiger partial charge is 0.312 e. The van der Waals surface area contributed by atoms with Gasteiger partial charge in [-0.3, -0.25) is 14.9 Å². The van der Waals surface area contributed by atoms with E-state index in [0.717, 1.165) is 18.9 Å². The van der Waals surface area contributed by atoms with E-state index < -0.39 is 22.3 Å². The Morgan fingerprint density at radius 1 is 1.50 bits per heavy atom. The maximum absolute atomic E-state index is 12.5. The van der Waals surface area contributed by atoms with Crippen LogP contribution >= 0.6 is 15.9 Å². The Bertz CT molecular complexity index is 746. The minimum atomic E-state index is -0.725. The van der Waals surface area contributed by atoms with Gasteiger partial charge in [-0.25, -0.2) is 0 Å². The molecule has 1 aromatic rings. The summed E-state index contributed by atoms with van der Waals surface area (Å²) in [6, 6.07) is 4.41. The molecule has 0 saturated carbocycles. The maximum Gasteiger partial charge on any atom is 0.312 e. The maximum atomic E-state index is 12.5. The fraction of sp³-hybridized carbons (Fsp3) is 0.375. The quantitative estimate of drug-likeness (QED) is 0.367. The SMILES string of the molecule is CC1CCN(C(=O)/C(C#N)=C/c2cc(Br)cc([N+](=O)[O-])c2O)CC1. The lowest BCUT2D eigenvalue weighted by molar-refractivity contribution is -0.385. The number of rotatable bonds is 3. The third-order valence-electron chi connectivity index (χ3n) is 4.00. The number of nitro benzene ring substituents is 1. The monoisotopic (exact) mass is 393 g/mol. The zero-order valence-corrected chi connectivity index (χ0v) is 14.6. The van der Waals surface area contributed by atoms with Crippen molar-refractivity contribution in [3.05, 3.63) is 37.9 Å². The molecule has 1 fully saturated rings. The van der Waals surface area contributed by atoms with Gasteiger partial charge in [-0.05, 0) is 30.9 Å². The number of carbonyl (C=O) groups excluding carboxylic acids is 1. The number of phenolic OH excluding ortho intramolecular Hbond substituents is 1. The van der Waals surface area contributed by atoms with E-state index in [-0.39, 0.29) is 11.1 Å². The molecule has 126 valence electrons. The highest BCUT2D eigenvalue weighted by Gasteiger charge is 2.24. The molecule has 0 aromatic heterocycles. The van der Waals surface area contributed by atoms with Crippen LogP contribution in [0.3, 0.4) is 0 Å². The highest BCUT2D eigenvalue weighted by molar-refractivity contribution is 9.10. The summed E-state index contributed by atoms with van der Waals surface area (Å²) in [5.41, 5.74) is -0.606. The molecular weight excluding hydrogens is 378 g/mol.